The summed E-state index contributed by atoms with van der Waals surface area (Å²) in [6.45, 7) is 2.07. The van der Waals surface area contributed by atoms with Crippen LogP contribution in [0.15, 0.2) is 53.4 Å². The van der Waals surface area contributed by atoms with Gasteiger partial charge in [0.15, 0.2) is 0 Å². The van der Waals surface area contributed by atoms with Gasteiger partial charge < -0.3 is 4.98 Å². The lowest BCUT2D eigenvalue weighted by Crippen LogP contribution is -2.24. The molecule has 0 radical (unpaired) electrons. The van der Waals surface area contributed by atoms with Gasteiger partial charge >= 0.3 is 0 Å². The maximum absolute atomic E-state index is 12.5. The molecule has 116 valence electrons. The zero-order valence-corrected chi connectivity index (χ0v) is 13.3. The third-order valence-corrected chi connectivity index (χ3v) is 5.22. The molecule has 0 saturated heterocycles. The van der Waals surface area contributed by atoms with Gasteiger partial charge in [0.2, 0.25) is 10.0 Å². The van der Waals surface area contributed by atoms with Crippen molar-refractivity contribution in [2.45, 2.75) is 18.4 Å². The van der Waals surface area contributed by atoms with Crippen molar-refractivity contribution < 1.29 is 8.42 Å². The average Bonchev–Trinajstić information content (AvgIpc) is 2.88. The van der Waals surface area contributed by atoms with E-state index in [9.17, 15) is 8.42 Å². The van der Waals surface area contributed by atoms with E-state index < -0.39 is 10.0 Å². The Morgan fingerprint density at radius 2 is 1.83 bits per heavy atom. The minimum Gasteiger partial charge on any atom is -0.358 e. The molecule has 6 heteroatoms. The van der Waals surface area contributed by atoms with Crippen molar-refractivity contribution in [3.05, 3.63) is 65.4 Å². The van der Waals surface area contributed by atoms with Crippen molar-refractivity contribution in [2.75, 3.05) is 0 Å². The summed E-state index contributed by atoms with van der Waals surface area (Å²) in [5.74, 6) is 0. The van der Waals surface area contributed by atoms with E-state index in [1.165, 1.54) is 12.1 Å². The summed E-state index contributed by atoms with van der Waals surface area (Å²) in [7, 11) is -3.75. The van der Waals surface area contributed by atoms with Crippen molar-refractivity contribution >= 4 is 20.9 Å². The lowest BCUT2D eigenvalue weighted by atomic mass is 10.1. The standard InChI is InChI=1S/C17H15N3O2S/c1-12-15(14-7-3-4-8-16(14)20-12)11-19-23(21,22)17-9-5-2-6-13(17)10-18/h2-9,19-20H,11H2,1H3. The second-order valence-electron chi connectivity index (χ2n) is 5.21. The largest absolute Gasteiger partial charge is 0.358 e. The number of rotatable bonds is 4. The molecule has 0 aliphatic rings. The van der Waals surface area contributed by atoms with Gasteiger partial charge in [-0.05, 0) is 30.7 Å². The van der Waals surface area contributed by atoms with Gasteiger partial charge in [-0.25, -0.2) is 13.1 Å². The molecule has 1 aromatic heterocycles. The lowest BCUT2D eigenvalue weighted by Gasteiger charge is -2.08. The normalized spacial score (nSPS) is 11.5. The molecule has 2 N–H and O–H groups in total. The molecule has 23 heavy (non-hydrogen) atoms. The van der Waals surface area contributed by atoms with Crippen LogP contribution in [-0.2, 0) is 16.6 Å². The van der Waals surface area contributed by atoms with Crippen molar-refractivity contribution in [3.63, 3.8) is 0 Å². The molecule has 2 aromatic carbocycles. The molecule has 0 bridgehead atoms. The van der Waals surface area contributed by atoms with Crippen LogP contribution in [0.3, 0.4) is 0 Å². The Morgan fingerprint density at radius 1 is 1.13 bits per heavy atom. The van der Waals surface area contributed by atoms with Crippen LogP contribution in [0, 0.1) is 18.3 Å². The van der Waals surface area contributed by atoms with E-state index in [1.807, 2.05) is 37.3 Å². The molecule has 0 spiro atoms. The number of aromatic amines is 1. The number of nitriles is 1. The molecule has 5 nitrogen and oxygen atoms in total. The van der Waals surface area contributed by atoms with Crippen molar-refractivity contribution in [1.29, 1.82) is 5.26 Å². The molecule has 0 fully saturated rings. The maximum atomic E-state index is 12.5. The fraction of sp³-hybridized carbons (Fsp3) is 0.118. The number of sulfonamides is 1. The summed E-state index contributed by atoms with van der Waals surface area (Å²) in [5.41, 5.74) is 2.92. The van der Waals surface area contributed by atoms with Gasteiger partial charge in [0.05, 0.1) is 10.5 Å². The zero-order valence-electron chi connectivity index (χ0n) is 12.5. The van der Waals surface area contributed by atoms with Gasteiger partial charge in [0, 0.05) is 23.1 Å². The third kappa shape index (κ3) is 2.84. The van der Waals surface area contributed by atoms with E-state index in [0.717, 1.165) is 22.2 Å². The molecular weight excluding hydrogens is 310 g/mol. The van der Waals surface area contributed by atoms with E-state index in [-0.39, 0.29) is 17.0 Å². The van der Waals surface area contributed by atoms with Crippen LogP contribution in [0.1, 0.15) is 16.8 Å². The molecule has 0 aliphatic heterocycles. The first-order valence-electron chi connectivity index (χ1n) is 7.08. The predicted molar refractivity (Wildman–Crippen MR) is 88.2 cm³/mol. The first-order valence-corrected chi connectivity index (χ1v) is 8.56. The Kier molecular flexibility index (Phi) is 3.90. The first kappa shape index (κ1) is 15.3. The van der Waals surface area contributed by atoms with E-state index in [2.05, 4.69) is 9.71 Å². The SMILES string of the molecule is Cc1[nH]c2ccccc2c1CNS(=O)(=O)c1ccccc1C#N. The fourth-order valence-electron chi connectivity index (χ4n) is 2.60. The van der Waals surface area contributed by atoms with Gasteiger partial charge in [-0.1, -0.05) is 30.3 Å². The summed E-state index contributed by atoms with van der Waals surface area (Å²) in [6, 6.07) is 15.8. The number of hydrogen-bond acceptors (Lipinski definition) is 3. The molecular formula is C17H15N3O2S. The molecule has 3 rings (SSSR count). The molecule has 0 unspecified atom stereocenters. The van der Waals surface area contributed by atoms with Crippen LogP contribution in [0.25, 0.3) is 10.9 Å². The maximum Gasteiger partial charge on any atom is 0.242 e. The number of fused-ring (bicyclic) bond motifs is 1. The topological polar surface area (TPSA) is 85.8 Å². The van der Waals surface area contributed by atoms with E-state index in [4.69, 9.17) is 5.26 Å². The number of aromatic nitrogens is 1. The summed E-state index contributed by atoms with van der Waals surface area (Å²) < 4.78 is 27.6. The second-order valence-corrected chi connectivity index (χ2v) is 6.94. The highest BCUT2D eigenvalue weighted by Crippen LogP contribution is 2.22. The number of nitrogens with one attached hydrogen (secondary N) is 2. The van der Waals surface area contributed by atoms with Crippen LogP contribution in [0.4, 0.5) is 0 Å². The lowest BCUT2D eigenvalue weighted by molar-refractivity contribution is 0.581. The first-order chi connectivity index (χ1) is 11.0. The number of nitrogens with zero attached hydrogens (tertiary/aromatic N) is 1. The smallest absolute Gasteiger partial charge is 0.242 e. The highest BCUT2D eigenvalue weighted by atomic mass is 32.2. The van der Waals surface area contributed by atoms with Crippen LogP contribution >= 0.6 is 0 Å². The average molecular weight is 325 g/mol. The summed E-state index contributed by atoms with van der Waals surface area (Å²) >= 11 is 0. The summed E-state index contributed by atoms with van der Waals surface area (Å²) in [6.07, 6.45) is 0. The van der Waals surface area contributed by atoms with Gasteiger partial charge in [0.1, 0.15) is 6.07 Å². The monoisotopic (exact) mass is 325 g/mol. The number of para-hydroxylation sites is 1. The minimum atomic E-state index is -3.75. The summed E-state index contributed by atoms with van der Waals surface area (Å²) in [4.78, 5) is 3.24. The number of H-pyrrole nitrogens is 1. The highest BCUT2D eigenvalue weighted by molar-refractivity contribution is 7.89. The van der Waals surface area contributed by atoms with Crippen molar-refractivity contribution in [3.8, 4) is 6.07 Å². The molecule has 1 heterocycles. The van der Waals surface area contributed by atoms with E-state index >= 15 is 0 Å². The zero-order chi connectivity index (χ0) is 16.4. The minimum absolute atomic E-state index is 0.00000525. The number of hydrogen-bond donors (Lipinski definition) is 2. The third-order valence-electron chi connectivity index (χ3n) is 3.76. The van der Waals surface area contributed by atoms with Crippen molar-refractivity contribution in [2.24, 2.45) is 0 Å². The summed E-state index contributed by atoms with van der Waals surface area (Å²) in [5, 5.41) is 10.1. The Morgan fingerprint density at radius 3 is 2.61 bits per heavy atom. The second kappa shape index (κ2) is 5.88. The molecule has 0 aliphatic carbocycles. The molecule has 0 atom stereocenters. The highest BCUT2D eigenvalue weighted by Gasteiger charge is 2.19. The number of benzene rings is 2. The van der Waals surface area contributed by atoms with Crippen LogP contribution < -0.4 is 4.72 Å². The molecule has 0 amide bonds. The number of aryl methyl sites for hydroxylation is 1. The van der Waals surface area contributed by atoms with Gasteiger partial charge in [-0.15, -0.1) is 0 Å². The Balaban J connectivity index is 1.93. The van der Waals surface area contributed by atoms with Crippen LogP contribution in [0.5, 0.6) is 0 Å². The van der Waals surface area contributed by atoms with Gasteiger partial charge in [-0.3, -0.25) is 0 Å². The quantitative estimate of drug-likeness (QED) is 0.773. The Hall–Kier alpha value is -2.62. The van der Waals surface area contributed by atoms with E-state index in [0.29, 0.717) is 0 Å². The van der Waals surface area contributed by atoms with Gasteiger partial charge in [0.25, 0.3) is 0 Å². The Bertz CT molecular complexity index is 1010. The van der Waals surface area contributed by atoms with E-state index in [1.54, 1.807) is 12.1 Å². The Labute approximate surface area is 134 Å². The van der Waals surface area contributed by atoms with Gasteiger partial charge in [-0.2, -0.15) is 5.26 Å². The fourth-order valence-corrected chi connectivity index (χ4v) is 3.75. The van der Waals surface area contributed by atoms with Crippen LogP contribution in [0.2, 0.25) is 0 Å². The van der Waals surface area contributed by atoms with Crippen molar-refractivity contribution in [1.82, 2.24) is 9.71 Å². The predicted octanol–water partition coefficient (Wildman–Crippen LogP) is 2.83. The molecule has 3 aromatic rings. The molecule has 0 saturated carbocycles. The van der Waals surface area contributed by atoms with Crippen LogP contribution in [-0.4, -0.2) is 13.4 Å².